The molecule has 1 amide bonds. The highest BCUT2D eigenvalue weighted by molar-refractivity contribution is 7.99. The number of thiophene rings is 1. The van der Waals surface area contributed by atoms with Crippen molar-refractivity contribution in [1.29, 1.82) is 0 Å². The van der Waals surface area contributed by atoms with Crippen molar-refractivity contribution in [3.8, 4) is 5.69 Å². The summed E-state index contributed by atoms with van der Waals surface area (Å²) in [6, 6.07) is 14.7. The molecular weight excluding hydrogens is 450 g/mol. The monoisotopic (exact) mass is 469 g/mol. The maximum absolute atomic E-state index is 13.4. The lowest BCUT2D eigenvalue weighted by atomic mass is 10.2. The number of para-hydroxylation sites is 1. The van der Waals surface area contributed by atoms with Gasteiger partial charge < -0.3 is 4.90 Å². The van der Waals surface area contributed by atoms with E-state index in [9.17, 15) is 9.59 Å². The molecule has 0 aliphatic heterocycles. The van der Waals surface area contributed by atoms with Crippen LogP contribution in [0.3, 0.4) is 0 Å². The van der Waals surface area contributed by atoms with E-state index < -0.39 is 0 Å². The molecule has 0 saturated heterocycles. The number of rotatable bonds is 6. The van der Waals surface area contributed by atoms with Crippen molar-refractivity contribution < 1.29 is 4.79 Å². The first kappa shape index (κ1) is 21.6. The van der Waals surface area contributed by atoms with E-state index in [1.807, 2.05) is 41.9 Å². The zero-order valence-corrected chi connectivity index (χ0v) is 19.4. The quantitative estimate of drug-likeness (QED) is 0.289. The summed E-state index contributed by atoms with van der Waals surface area (Å²) in [5.74, 6) is 0.137. The molecule has 0 aliphatic rings. The van der Waals surface area contributed by atoms with Crippen LogP contribution >= 0.6 is 34.7 Å². The highest BCUT2D eigenvalue weighted by Gasteiger charge is 2.18. The van der Waals surface area contributed by atoms with Crippen molar-refractivity contribution in [2.45, 2.75) is 18.6 Å². The third-order valence-electron chi connectivity index (χ3n) is 4.98. The molecule has 158 valence electrons. The number of halogens is 1. The number of hydrogen-bond donors (Lipinski definition) is 0. The Hall–Kier alpha value is -2.61. The molecule has 0 bridgehead atoms. The van der Waals surface area contributed by atoms with E-state index in [1.54, 1.807) is 52.1 Å². The van der Waals surface area contributed by atoms with E-state index in [-0.39, 0.29) is 17.2 Å². The van der Waals surface area contributed by atoms with Gasteiger partial charge in [0.15, 0.2) is 5.16 Å². The van der Waals surface area contributed by atoms with Crippen LogP contribution in [0.25, 0.3) is 16.6 Å². The minimum absolute atomic E-state index is 0.0343. The topological polar surface area (TPSA) is 55.2 Å². The zero-order valence-electron chi connectivity index (χ0n) is 17.0. The summed E-state index contributed by atoms with van der Waals surface area (Å²) >= 11 is 9.18. The highest BCUT2D eigenvalue weighted by Crippen LogP contribution is 2.26. The molecule has 0 atom stereocenters. The lowest BCUT2D eigenvalue weighted by Gasteiger charge is -2.18. The summed E-state index contributed by atoms with van der Waals surface area (Å²) in [7, 11) is 1.78. The summed E-state index contributed by atoms with van der Waals surface area (Å²) < 4.78 is 1.56. The molecule has 4 aromatic rings. The number of aromatic nitrogens is 2. The molecule has 0 N–H and O–H groups in total. The number of fused-ring (bicyclic) bond motifs is 1. The van der Waals surface area contributed by atoms with Crippen LogP contribution in [0.1, 0.15) is 11.1 Å². The van der Waals surface area contributed by atoms with Crippen molar-refractivity contribution in [3.05, 3.63) is 85.8 Å². The number of carbonyl (C=O) groups excluding carboxylic acids is 1. The van der Waals surface area contributed by atoms with Crippen LogP contribution in [0.15, 0.2) is 69.2 Å². The molecule has 8 heteroatoms. The fourth-order valence-corrected chi connectivity index (χ4v) is 5.02. The Morgan fingerprint density at radius 3 is 2.77 bits per heavy atom. The van der Waals surface area contributed by atoms with Gasteiger partial charge >= 0.3 is 0 Å². The van der Waals surface area contributed by atoms with Crippen LogP contribution in [-0.2, 0) is 11.3 Å². The van der Waals surface area contributed by atoms with Gasteiger partial charge in [-0.2, -0.15) is 11.3 Å². The molecule has 0 aliphatic carbocycles. The number of amides is 1. The Kier molecular flexibility index (Phi) is 6.46. The summed E-state index contributed by atoms with van der Waals surface area (Å²) in [6.45, 7) is 2.42. The second-order valence-corrected chi connectivity index (χ2v) is 9.24. The first-order chi connectivity index (χ1) is 15.0. The maximum atomic E-state index is 13.4. The van der Waals surface area contributed by atoms with Crippen LogP contribution in [0.4, 0.5) is 0 Å². The zero-order chi connectivity index (χ0) is 22.0. The molecule has 0 unspecified atom stereocenters. The Balaban J connectivity index is 1.70. The molecule has 0 radical (unpaired) electrons. The molecule has 2 heterocycles. The van der Waals surface area contributed by atoms with Crippen LogP contribution in [0.2, 0.25) is 5.02 Å². The number of nitrogens with zero attached hydrogens (tertiary/aromatic N) is 3. The van der Waals surface area contributed by atoms with Gasteiger partial charge in [-0.1, -0.05) is 41.6 Å². The van der Waals surface area contributed by atoms with Crippen LogP contribution in [-0.4, -0.2) is 33.2 Å². The fourth-order valence-electron chi connectivity index (χ4n) is 3.24. The summed E-state index contributed by atoms with van der Waals surface area (Å²) in [5.41, 5.74) is 2.96. The molecule has 0 saturated carbocycles. The lowest BCUT2D eigenvalue weighted by Crippen LogP contribution is -2.28. The fraction of sp³-hybridized carbons (Fsp3) is 0.174. The maximum Gasteiger partial charge on any atom is 0.266 e. The van der Waals surface area contributed by atoms with Crippen LogP contribution < -0.4 is 5.56 Å². The molecule has 5 nitrogen and oxygen atoms in total. The van der Waals surface area contributed by atoms with E-state index in [1.165, 1.54) is 11.8 Å². The van der Waals surface area contributed by atoms with E-state index in [4.69, 9.17) is 16.6 Å². The lowest BCUT2D eigenvalue weighted by molar-refractivity contribution is -0.127. The van der Waals surface area contributed by atoms with Gasteiger partial charge in [0.25, 0.3) is 5.56 Å². The average molecular weight is 470 g/mol. The second kappa shape index (κ2) is 9.26. The van der Waals surface area contributed by atoms with E-state index in [2.05, 4.69) is 0 Å². The largest absolute Gasteiger partial charge is 0.341 e. The SMILES string of the molecule is Cc1c(Cl)cccc1-n1c(SCC(=O)N(C)Cc2ccsc2)nc2ccccc2c1=O. The third kappa shape index (κ3) is 4.54. The number of carbonyl (C=O) groups is 1. The highest BCUT2D eigenvalue weighted by atomic mass is 35.5. The molecule has 0 spiro atoms. The summed E-state index contributed by atoms with van der Waals surface area (Å²) in [4.78, 5) is 32.5. The van der Waals surface area contributed by atoms with Crippen LogP contribution in [0, 0.1) is 6.92 Å². The first-order valence-electron chi connectivity index (χ1n) is 9.61. The van der Waals surface area contributed by atoms with Gasteiger partial charge in [0.2, 0.25) is 5.91 Å². The normalized spacial score (nSPS) is 11.1. The molecule has 0 fully saturated rings. The predicted octanol–water partition coefficient (Wildman–Crippen LogP) is 5.16. The minimum atomic E-state index is -0.183. The molecule has 2 aromatic carbocycles. The van der Waals surface area contributed by atoms with Crippen LogP contribution in [0.5, 0.6) is 0 Å². The van der Waals surface area contributed by atoms with Gasteiger partial charge in [-0.05, 0) is 59.1 Å². The van der Waals surface area contributed by atoms with Gasteiger partial charge in [-0.3, -0.25) is 14.2 Å². The summed E-state index contributed by atoms with van der Waals surface area (Å²) in [5, 5.41) is 5.58. The Labute approximate surface area is 193 Å². The summed E-state index contributed by atoms with van der Waals surface area (Å²) in [6.07, 6.45) is 0. The molecule has 2 aromatic heterocycles. The van der Waals surface area contributed by atoms with Gasteiger partial charge in [0.1, 0.15) is 0 Å². The number of benzene rings is 2. The standard InChI is InChI=1S/C23H20ClN3O2S2/c1-15-18(24)7-5-9-20(15)27-22(29)17-6-3-4-8-19(17)25-23(27)31-14-21(28)26(2)12-16-10-11-30-13-16/h3-11,13H,12,14H2,1-2H3. The number of thioether (sulfide) groups is 1. The van der Waals surface area contributed by atoms with Crippen molar-refractivity contribution in [2.24, 2.45) is 0 Å². The predicted molar refractivity (Wildman–Crippen MR) is 129 cm³/mol. The van der Waals surface area contributed by atoms with Gasteiger partial charge in [0.05, 0.1) is 22.3 Å². The smallest absolute Gasteiger partial charge is 0.266 e. The van der Waals surface area contributed by atoms with Crippen molar-refractivity contribution in [3.63, 3.8) is 0 Å². The van der Waals surface area contributed by atoms with Crippen molar-refractivity contribution in [1.82, 2.24) is 14.5 Å². The molecule has 31 heavy (non-hydrogen) atoms. The Morgan fingerprint density at radius 2 is 2.00 bits per heavy atom. The van der Waals surface area contributed by atoms with Gasteiger partial charge in [0, 0.05) is 18.6 Å². The molecule has 4 rings (SSSR count). The van der Waals surface area contributed by atoms with Crippen molar-refractivity contribution in [2.75, 3.05) is 12.8 Å². The van der Waals surface area contributed by atoms with Gasteiger partial charge in [-0.15, -0.1) is 0 Å². The Morgan fingerprint density at radius 1 is 1.19 bits per heavy atom. The van der Waals surface area contributed by atoms with E-state index >= 15 is 0 Å². The van der Waals surface area contributed by atoms with E-state index in [0.29, 0.717) is 33.3 Å². The third-order valence-corrected chi connectivity index (χ3v) is 7.04. The van der Waals surface area contributed by atoms with E-state index in [0.717, 1.165) is 11.1 Å². The van der Waals surface area contributed by atoms with Crippen molar-refractivity contribution >= 4 is 51.5 Å². The average Bonchev–Trinajstić information content (AvgIpc) is 3.27. The molecular formula is C23H20ClN3O2S2. The minimum Gasteiger partial charge on any atom is -0.341 e. The second-order valence-electron chi connectivity index (χ2n) is 7.11. The first-order valence-corrected chi connectivity index (χ1v) is 11.9. The number of hydrogen-bond acceptors (Lipinski definition) is 5. The van der Waals surface area contributed by atoms with Gasteiger partial charge in [-0.25, -0.2) is 4.98 Å². The Bertz CT molecular complexity index is 1300.